The lowest BCUT2D eigenvalue weighted by Gasteiger charge is -2.42. The zero-order valence-corrected chi connectivity index (χ0v) is 26.5. The molecule has 0 aromatic rings. The van der Waals surface area contributed by atoms with E-state index in [2.05, 4.69) is 0 Å². The van der Waals surface area contributed by atoms with Crippen LogP contribution in [0.5, 0.6) is 0 Å². The molecule has 22 heteroatoms. The summed E-state index contributed by atoms with van der Waals surface area (Å²) in [4.78, 5) is 5.84. The van der Waals surface area contributed by atoms with Crippen LogP contribution in [0.25, 0.3) is 0 Å². The van der Waals surface area contributed by atoms with Crippen molar-refractivity contribution in [2.75, 3.05) is 26.4 Å². The third kappa shape index (κ3) is 5.52. The smallest absolute Gasteiger partial charge is 0.343 e. The highest BCUT2D eigenvalue weighted by atomic mass is 32.3. The second-order valence-electron chi connectivity index (χ2n) is 12.4. The van der Waals surface area contributed by atoms with Crippen LogP contribution in [0.2, 0.25) is 0 Å². The number of nitrogens with zero attached hydrogens (tertiary/aromatic N) is 1. The van der Waals surface area contributed by atoms with Gasteiger partial charge < -0.3 is 28.4 Å². The van der Waals surface area contributed by atoms with Crippen molar-refractivity contribution >= 4 is 31.1 Å². The molecular weight excluding hydrogens is 662 g/mol. The average molecular weight is 696 g/mol. The minimum absolute atomic E-state index is 0.270. The second kappa shape index (κ2) is 10.2. The van der Waals surface area contributed by atoms with E-state index < -0.39 is 110 Å². The Morgan fingerprint density at radius 2 is 1.23 bits per heavy atom. The van der Waals surface area contributed by atoms with Crippen LogP contribution in [0.15, 0.2) is 0 Å². The van der Waals surface area contributed by atoms with Crippen LogP contribution in [0.1, 0.15) is 47.0 Å². The summed E-state index contributed by atoms with van der Waals surface area (Å²) < 4.78 is 137. The van der Waals surface area contributed by atoms with Gasteiger partial charge in [0, 0.05) is 0 Å². The Hall–Kier alpha value is -0.670. The second-order valence-corrected chi connectivity index (χ2v) is 16.2. The van der Waals surface area contributed by atoms with Crippen molar-refractivity contribution in [3.63, 3.8) is 0 Å². The van der Waals surface area contributed by atoms with Gasteiger partial charge in [-0.3, -0.25) is 9.02 Å². The molecule has 0 aromatic carbocycles. The summed E-state index contributed by atoms with van der Waals surface area (Å²) in [5.41, 5.74) is 0. The molecule has 19 nitrogen and oxygen atoms in total. The van der Waals surface area contributed by atoms with E-state index in [-0.39, 0.29) is 13.2 Å². The molecule has 6 aliphatic heterocycles. The van der Waals surface area contributed by atoms with Gasteiger partial charge in [0.05, 0.1) is 19.3 Å². The quantitative estimate of drug-likeness (QED) is 0.274. The van der Waals surface area contributed by atoms with E-state index in [4.69, 9.17) is 54.2 Å². The zero-order chi connectivity index (χ0) is 31.6. The SMILES string of the molecule is CC1(C)O[C@H]2[C@@H]3OS(=O)(=O)O[C@@H]3CO[C@@]2(CON(C2CCC2)S(=O)(=O)OC[C@@]23OC[C@H]4OS(=O)(=O)O[C@H]4[C@@H]2OC(C)(C)O3)O1. The van der Waals surface area contributed by atoms with E-state index in [0.717, 1.165) is 6.42 Å². The van der Waals surface area contributed by atoms with Gasteiger partial charge >= 0.3 is 31.1 Å². The Balaban J connectivity index is 1.10. The fourth-order valence-electron chi connectivity index (χ4n) is 6.30. The maximum atomic E-state index is 13.7. The van der Waals surface area contributed by atoms with Crippen LogP contribution in [0, 0.1) is 0 Å². The van der Waals surface area contributed by atoms with E-state index in [1.54, 1.807) is 13.8 Å². The van der Waals surface area contributed by atoms with Crippen LogP contribution in [0.4, 0.5) is 0 Å². The molecule has 7 rings (SSSR count). The molecule has 8 atom stereocenters. The van der Waals surface area contributed by atoms with Gasteiger partial charge in [-0.25, -0.2) is 16.7 Å². The fraction of sp³-hybridized carbons (Fsp3) is 1.00. The maximum absolute atomic E-state index is 13.7. The molecule has 0 radical (unpaired) electrons. The molecule has 0 unspecified atom stereocenters. The molecule has 0 aromatic heterocycles. The predicted molar refractivity (Wildman–Crippen MR) is 135 cm³/mol. The average Bonchev–Trinajstić information content (AvgIpc) is 3.53. The van der Waals surface area contributed by atoms with Crippen LogP contribution >= 0.6 is 0 Å². The predicted octanol–water partition coefficient (Wildman–Crippen LogP) is -1.15. The summed E-state index contributed by atoms with van der Waals surface area (Å²) in [6, 6.07) is -0.619. The van der Waals surface area contributed by atoms with Gasteiger partial charge in [-0.1, -0.05) is 10.9 Å². The van der Waals surface area contributed by atoms with Gasteiger partial charge in [-0.05, 0) is 40.5 Å². The van der Waals surface area contributed by atoms with Crippen molar-refractivity contribution in [1.29, 1.82) is 0 Å². The van der Waals surface area contributed by atoms with Crippen molar-refractivity contribution < 1.29 is 79.4 Å². The Kier molecular flexibility index (Phi) is 7.37. The number of hydrogen-bond acceptors (Lipinski definition) is 18. The molecule has 6 heterocycles. The Morgan fingerprint density at radius 1 is 0.750 bits per heavy atom. The summed E-state index contributed by atoms with van der Waals surface area (Å²) in [6.45, 7) is 4.31. The van der Waals surface area contributed by atoms with Gasteiger partial charge in [-0.2, -0.15) is 25.3 Å². The minimum Gasteiger partial charge on any atom is -0.343 e. The molecule has 44 heavy (non-hydrogen) atoms. The van der Waals surface area contributed by atoms with Crippen LogP contribution < -0.4 is 0 Å². The van der Waals surface area contributed by atoms with E-state index >= 15 is 0 Å². The molecule has 1 saturated carbocycles. The zero-order valence-electron chi connectivity index (χ0n) is 24.0. The van der Waals surface area contributed by atoms with Gasteiger partial charge in [0.2, 0.25) is 11.6 Å². The number of rotatable bonds is 8. The summed E-state index contributed by atoms with van der Waals surface area (Å²) in [5.74, 6) is -6.27. The highest BCUT2D eigenvalue weighted by Crippen LogP contribution is 2.48. The Bertz CT molecular complexity index is 1500. The van der Waals surface area contributed by atoms with Gasteiger partial charge in [-0.15, -0.1) is 0 Å². The third-order valence-corrected chi connectivity index (χ3v) is 11.3. The van der Waals surface area contributed by atoms with E-state index in [0.29, 0.717) is 17.3 Å². The summed E-state index contributed by atoms with van der Waals surface area (Å²) in [7, 11) is -13.3. The van der Waals surface area contributed by atoms with Crippen LogP contribution in [0.3, 0.4) is 0 Å². The standard InChI is InChI=1S/C22H33NO18S3/c1-19(2)34-17-15-13(36-43(26,27)38-15)8-30-21(17,40-19)10-32-23(12-6-5-7-12)42(24,25)33-11-22-18(35-20(3,4)41-22)16-14(9-31-22)37-44(28,29)39-16/h12-18H,5-11H2,1-4H3/t13-,14-,15-,16-,17+,18+,21+,22+/m1/s1. The topological polar surface area (TPSA) is 216 Å². The Labute approximate surface area is 253 Å². The molecule has 0 amide bonds. The lowest BCUT2D eigenvalue weighted by atomic mass is 9.94. The first-order valence-electron chi connectivity index (χ1n) is 13.9. The number of hydrogen-bond donors (Lipinski definition) is 0. The van der Waals surface area contributed by atoms with Crippen molar-refractivity contribution in [2.45, 2.75) is 113 Å². The molecule has 0 spiro atoms. The molecule has 252 valence electrons. The van der Waals surface area contributed by atoms with Crippen molar-refractivity contribution in [2.24, 2.45) is 0 Å². The maximum Gasteiger partial charge on any atom is 0.400 e. The molecular formula is C22H33NO18S3. The molecule has 7 aliphatic rings. The number of fused-ring (bicyclic) bond motifs is 6. The molecule has 1 aliphatic carbocycles. The van der Waals surface area contributed by atoms with E-state index in [1.807, 2.05) is 0 Å². The minimum atomic E-state index is -4.70. The van der Waals surface area contributed by atoms with E-state index in [1.165, 1.54) is 13.8 Å². The highest BCUT2D eigenvalue weighted by Gasteiger charge is 2.68. The Morgan fingerprint density at radius 3 is 1.68 bits per heavy atom. The van der Waals surface area contributed by atoms with Crippen molar-refractivity contribution in [1.82, 2.24) is 4.47 Å². The summed E-state index contributed by atoms with van der Waals surface area (Å²) in [6.07, 6.45) is -5.14. The summed E-state index contributed by atoms with van der Waals surface area (Å²) in [5, 5.41) is 0. The molecule has 0 bridgehead atoms. The lowest BCUT2D eigenvalue weighted by Crippen LogP contribution is -2.62. The van der Waals surface area contributed by atoms with Gasteiger partial charge in [0.15, 0.2) is 11.6 Å². The first-order chi connectivity index (χ1) is 20.3. The molecule has 0 N–H and O–H groups in total. The monoisotopic (exact) mass is 695 g/mol. The fourth-order valence-corrected chi connectivity index (χ4v) is 9.50. The van der Waals surface area contributed by atoms with Crippen LogP contribution in [-0.2, 0) is 85.3 Å². The van der Waals surface area contributed by atoms with Gasteiger partial charge in [0.25, 0.3) is 0 Å². The van der Waals surface area contributed by atoms with E-state index in [9.17, 15) is 25.3 Å². The highest BCUT2D eigenvalue weighted by molar-refractivity contribution is 7.84. The number of ether oxygens (including phenoxy) is 6. The van der Waals surface area contributed by atoms with Crippen LogP contribution in [-0.4, -0.2) is 122 Å². The summed E-state index contributed by atoms with van der Waals surface area (Å²) >= 11 is 0. The van der Waals surface area contributed by atoms with Crippen molar-refractivity contribution in [3.8, 4) is 0 Å². The van der Waals surface area contributed by atoms with Gasteiger partial charge in [0.1, 0.15) is 49.8 Å². The normalized spacial score (nSPS) is 44.9. The third-order valence-electron chi connectivity index (χ3n) is 8.18. The molecule has 7 fully saturated rings. The first kappa shape index (κ1) is 31.9. The largest absolute Gasteiger partial charge is 0.400 e. The number of hydroxylamine groups is 1. The van der Waals surface area contributed by atoms with Crippen molar-refractivity contribution in [3.05, 3.63) is 0 Å². The molecule has 6 saturated heterocycles. The first-order valence-corrected chi connectivity index (χ1v) is 17.9. The lowest BCUT2D eigenvalue weighted by molar-refractivity contribution is -0.321.